The maximum Gasteiger partial charge on any atom is 0.229 e. The zero-order valence-corrected chi connectivity index (χ0v) is 11.6. The largest absolute Gasteiger partial charge is 0.424 e. The Hall–Kier alpha value is -0.550. The van der Waals surface area contributed by atoms with Gasteiger partial charge in [0.15, 0.2) is 0 Å². The molecule has 5 heteroatoms. The predicted octanol–water partition coefficient (Wildman–Crippen LogP) is 2.57. The number of thioether (sulfide) groups is 1. The number of hydrogen-bond donors (Lipinski definition) is 1. The fourth-order valence-electron chi connectivity index (χ4n) is 1.81. The van der Waals surface area contributed by atoms with Gasteiger partial charge in [0.05, 0.1) is 5.25 Å². The van der Waals surface area contributed by atoms with Crippen LogP contribution < -0.4 is 5.32 Å². The summed E-state index contributed by atoms with van der Waals surface area (Å²) >= 11 is 1.93. The summed E-state index contributed by atoms with van der Waals surface area (Å²) < 4.78 is 5.70. The molecule has 1 N–H and O–H groups in total. The molecule has 17 heavy (non-hydrogen) atoms. The standard InChI is InChI=1S/C12H21N3OS/c1-12(2,3)13-7-6-10-14-15-11(16-10)9-5-4-8-17-9/h9,13H,4-8H2,1-3H3. The van der Waals surface area contributed by atoms with Crippen LogP contribution >= 0.6 is 11.8 Å². The van der Waals surface area contributed by atoms with Crippen molar-refractivity contribution in [2.45, 2.75) is 50.8 Å². The van der Waals surface area contributed by atoms with Crippen molar-refractivity contribution < 1.29 is 4.42 Å². The van der Waals surface area contributed by atoms with E-state index in [-0.39, 0.29) is 5.54 Å². The molecule has 0 saturated carbocycles. The van der Waals surface area contributed by atoms with Crippen LogP contribution in [0.5, 0.6) is 0 Å². The number of rotatable bonds is 4. The predicted molar refractivity (Wildman–Crippen MR) is 70.2 cm³/mol. The summed E-state index contributed by atoms with van der Waals surface area (Å²) in [6.45, 7) is 7.34. The minimum atomic E-state index is 0.143. The molecule has 1 aromatic heterocycles. The molecule has 0 bridgehead atoms. The van der Waals surface area contributed by atoms with Gasteiger partial charge in [-0.05, 0) is 39.4 Å². The van der Waals surface area contributed by atoms with Gasteiger partial charge in [-0.2, -0.15) is 0 Å². The molecule has 2 heterocycles. The molecule has 0 aliphatic carbocycles. The molecule has 96 valence electrons. The molecule has 0 aromatic carbocycles. The maximum atomic E-state index is 5.70. The number of nitrogens with zero attached hydrogens (tertiary/aromatic N) is 2. The van der Waals surface area contributed by atoms with Gasteiger partial charge in [-0.1, -0.05) is 0 Å². The lowest BCUT2D eigenvalue weighted by Crippen LogP contribution is -2.37. The normalized spacial score (nSPS) is 21.0. The van der Waals surface area contributed by atoms with E-state index in [1.165, 1.54) is 18.6 Å². The lowest BCUT2D eigenvalue weighted by Gasteiger charge is -2.19. The van der Waals surface area contributed by atoms with Crippen LogP contribution in [0.4, 0.5) is 0 Å². The van der Waals surface area contributed by atoms with E-state index in [1.807, 2.05) is 11.8 Å². The zero-order chi connectivity index (χ0) is 12.3. The van der Waals surface area contributed by atoms with Gasteiger partial charge in [-0.25, -0.2) is 0 Å². The molecule has 1 aliphatic heterocycles. The van der Waals surface area contributed by atoms with Crippen LogP contribution in [0, 0.1) is 0 Å². The van der Waals surface area contributed by atoms with Gasteiger partial charge in [0.2, 0.25) is 11.8 Å². The Labute approximate surface area is 107 Å². The molecule has 1 aromatic rings. The van der Waals surface area contributed by atoms with E-state index in [2.05, 4.69) is 36.3 Å². The Bertz CT molecular complexity index is 353. The average molecular weight is 255 g/mol. The number of nitrogens with one attached hydrogen (secondary N) is 1. The van der Waals surface area contributed by atoms with E-state index >= 15 is 0 Å². The van der Waals surface area contributed by atoms with Crippen molar-refractivity contribution in [3.05, 3.63) is 11.8 Å². The molecule has 1 fully saturated rings. The minimum Gasteiger partial charge on any atom is -0.424 e. The third-order valence-electron chi connectivity index (χ3n) is 2.68. The molecule has 2 rings (SSSR count). The van der Waals surface area contributed by atoms with E-state index in [9.17, 15) is 0 Å². The van der Waals surface area contributed by atoms with Crippen LogP contribution in [0.2, 0.25) is 0 Å². The summed E-state index contributed by atoms with van der Waals surface area (Å²) in [7, 11) is 0. The Balaban J connectivity index is 1.81. The molecule has 1 unspecified atom stereocenters. The highest BCUT2D eigenvalue weighted by molar-refractivity contribution is 7.99. The van der Waals surface area contributed by atoms with Gasteiger partial charge in [-0.15, -0.1) is 22.0 Å². The van der Waals surface area contributed by atoms with Crippen molar-refractivity contribution >= 4 is 11.8 Å². The van der Waals surface area contributed by atoms with Crippen LogP contribution in [-0.2, 0) is 6.42 Å². The first kappa shape index (κ1) is 12.9. The quantitative estimate of drug-likeness (QED) is 0.896. The van der Waals surface area contributed by atoms with Crippen LogP contribution in [0.3, 0.4) is 0 Å². The number of aromatic nitrogens is 2. The maximum absolute atomic E-state index is 5.70. The van der Waals surface area contributed by atoms with Crippen molar-refractivity contribution in [3.8, 4) is 0 Å². The Kier molecular flexibility index (Phi) is 4.09. The van der Waals surface area contributed by atoms with Gasteiger partial charge in [0.25, 0.3) is 0 Å². The summed E-state index contributed by atoms with van der Waals surface area (Å²) in [5.74, 6) is 2.79. The Morgan fingerprint density at radius 2 is 2.24 bits per heavy atom. The second-order valence-electron chi connectivity index (χ2n) is 5.46. The second kappa shape index (κ2) is 5.40. The fraction of sp³-hybridized carbons (Fsp3) is 0.833. The van der Waals surface area contributed by atoms with E-state index in [1.54, 1.807) is 0 Å². The van der Waals surface area contributed by atoms with Gasteiger partial charge in [0, 0.05) is 18.5 Å². The van der Waals surface area contributed by atoms with E-state index < -0.39 is 0 Å². The van der Waals surface area contributed by atoms with Crippen LogP contribution in [0.25, 0.3) is 0 Å². The molecule has 0 radical (unpaired) electrons. The SMILES string of the molecule is CC(C)(C)NCCc1nnc(C2CCCS2)o1. The molecular formula is C12H21N3OS. The lowest BCUT2D eigenvalue weighted by molar-refractivity contribution is 0.399. The highest BCUT2D eigenvalue weighted by Gasteiger charge is 2.23. The average Bonchev–Trinajstić information content (AvgIpc) is 2.83. The van der Waals surface area contributed by atoms with Crippen LogP contribution in [0.15, 0.2) is 4.42 Å². The third-order valence-corrected chi connectivity index (χ3v) is 4.05. The summed E-state index contributed by atoms with van der Waals surface area (Å²) in [5.41, 5.74) is 0.143. The summed E-state index contributed by atoms with van der Waals surface area (Å²) in [5, 5.41) is 12.1. The monoisotopic (exact) mass is 255 g/mol. The molecule has 1 saturated heterocycles. The highest BCUT2D eigenvalue weighted by Crippen LogP contribution is 2.38. The fourth-order valence-corrected chi connectivity index (χ4v) is 3.00. The Morgan fingerprint density at radius 1 is 1.41 bits per heavy atom. The molecule has 1 aliphatic rings. The molecule has 4 nitrogen and oxygen atoms in total. The summed E-state index contributed by atoms with van der Waals surface area (Å²) in [6, 6.07) is 0. The number of hydrogen-bond acceptors (Lipinski definition) is 5. The Morgan fingerprint density at radius 3 is 2.88 bits per heavy atom. The molecular weight excluding hydrogens is 234 g/mol. The van der Waals surface area contributed by atoms with Gasteiger partial charge < -0.3 is 9.73 Å². The lowest BCUT2D eigenvalue weighted by atomic mass is 10.1. The smallest absolute Gasteiger partial charge is 0.229 e. The minimum absolute atomic E-state index is 0.143. The van der Waals surface area contributed by atoms with E-state index in [4.69, 9.17) is 4.42 Å². The van der Waals surface area contributed by atoms with E-state index in [0.717, 1.165) is 24.7 Å². The highest BCUT2D eigenvalue weighted by atomic mass is 32.2. The van der Waals surface area contributed by atoms with Crippen molar-refractivity contribution in [1.29, 1.82) is 0 Å². The second-order valence-corrected chi connectivity index (χ2v) is 6.77. The third kappa shape index (κ3) is 4.00. The zero-order valence-electron chi connectivity index (χ0n) is 10.8. The molecule has 0 spiro atoms. The van der Waals surface area contributed by atoms with Crippen LogP contribution in [-0.4, -0.2) is 28.0 Å². The summed E-state index contributed by atoms with van der Waals surface area (Å²) in [6.07, 6.45) is 3.24. The van der Waals surface area contributed by atoms with Gasteiger partial charge >= 0.3 is 0 Å². The first-order valence-electron chi connectivity index (χ1n) is 6.23. The van der Waals surface area contributed by atoms with Crippen molar-refractivity contribution in [3.63, 3.8) is 0 Å². The first-order valence-corrected chi connectivity index (χ1v) is 7.28. The van der Waals surface area contributed by atoms with Crippen LogP contribution in [0.1, 0.15) is 50.6 Å². The summed E-state index contributed by atoms with van der Waals surface area (Å²) in [4.78, 5) is 0. The van der Waals surface area contributed by atoms with Crippen molar-refractivity contribution in [1.82, 2.24) is 15.5 Å². The molecule has 1 atom stereocenters. The van der Waals surface area contributed by atoms with E-state index in [0.29, 0.717) is 5.25 Å². The van der Waals surface area contributed by atoms with Crippen molar-refractivity contribution in [2.24, 2.45) is 0 Å². The topological polar surface area (TPSA) is 51.0 Å². The van der Waals surface area contributed by atoms with Crippen molar-refractivity contribution in [2.75, 3.05) is 12.3 Å². The molecule has 0 amide bonds. The van der Waals surface area contributed by atoms with Gasteiger partial charge in [-0.3, -0.25) is 0 Å². The first-order chi connectivity index (χ1) is 8.04. The van der Waals surface area contributed by atoms with Gasteiger partial charge in [0.1, 0.15) is 0 Å².